The molecule has 0 saturated carbocycles. The zero-order valence-electron chi connectivity index (χ0n) is 12.8. The molecule has 5 nitrogen and oxygen atoms in total. The molecule has 0 unspecified atom stereocenters. The van der Waals surface area contributed by atoms with E-state index >= 15 is 0 Å². The van der Waals surface area contributed by atoms with Crippen LogP contribution in [0, 0.1) is 0 Å². The number of ether oxygens (including phenoxy) is 3. The van der Waals surface area contributed by atoms with Gasteiger partial charge in [0.2, 0.25) is 0 Å². The van der Waals surface area contributed by atoms with Crippen molar-refractivity contribution >= 4 is 27.9 Å². The maximum atomic E-state index is 11.8. The second kappa shape index (κ2) is 10.2. The van der Waals surface area contributed by atoms with Gasteiger partial charge >= 0.3 is 11.9 Å². The number of esters is 2. The Balaban J connectivity index is 2.42. The summed E-state index contributed by atoms with van der Waals surface area (Å²) in [5.74, 6) is -0.107. The lowest BCUT2D eigenvalue weighted by Crippen LogP contribution is -2.20. The fraction of sp³-hybridized carbons (Fsp3) is 0.500. The van der Waals surface area contributed by atoms with Crippen molar-refractivity contribution in [2.75, 3.05) is 20.3 Å². The fourth-order valence-corrected chi connectivity index (χ4v) is 2.13. The van der Waals surface area contributed by atoms with Crippen LogP contribution in [0.1, 0.15) is 25.3 Å². The topological polar surface area (TPSA) is 61.8 Å². The average molecular weight is 373 g/mol. The molecule has 1 rings (SSSR count). The molecule has 0 fully saturated rings. The van der Waals surface area contributed by atoms with E-state index in [2.05, 4.69) is 20.7 Å². The number of carbonyl (C=O) groups is 2. The highest BCUT2D eigenvalue weighted by atomic mass is 79.9. The second-order valence-electron chi connectivity index (χ2n) is 4.70. The minimum absolute atomic E-state index is 0.124. The largest absolute Gasteiger partial charge is 0.482 e. The molecule has 122 valence electrons. The number of unbranched alkanes of at least 4 members (excludes halogenated alkanes) is 1. The third-order valence-corrected chi connectivity index (χ3v) is 3.62. The van der Waals surface area contributed by atoms with Gasteiger partial charge in [-0.25, -0.2) is 4.79 Å². The zero-order chi connectivity index (χ0) is 16.4. The molecule has 6 heteroatoms. The summed E-state index contributed by atoms with van der Waals surface area (Å²) in [6.07, 6.45) is 2.40. The highest BCUT2D eigenvalue weighted by Crippen LogP contribution is 2.16. The summed E-state index contributed by atoms with van der Waals surface area (Å²) < 4.78 is 14.9. The van der Waals surface area contributed by atoms with Gasteiger partial charge in [-0.1, -0.05) is 41.4 Å². The zero-order valence-corrected chi connectivity index (χ0v) is 14.4. The van der Waals surface area contributed by atoms with Crippen molar-refractivity contribution in [2.45, 2.75) is 31.0 Å². The minimum atomic E-state index is -0.431. The number of hydrogen-bond acceptors (Lipinski definition) is 5. The van der Waals surface area contributed by atoms with Crippen LogP contribution in [-0.4, -0.2) is 37.1 Å². The van der Waals surface area contributed by atoms with Crippen molar-refractivity contribution in [1.29, 1.82) is 0 Å². The van der Waals surface area contributed by atoms with E-state index in [1.807, 2.05) is 19.1 Å². The minimum Gasteiger partial charge on any atom is -0.482 e. The Labute approximate surface area is 139 Å². The van der Waals surface area contributed by atoms with E-state index in [-0.39, 0.29) is 17.4 Å². The van der Waals surface area contributed by atoms with E-state index in [9.17, 15) is 9.59 Å². The second-order valence-corrected chi connectivity index (χ2v) is 5.81. The van der Waals surface area contributed by atoms with Gasteiger partial charge in [0.15, 0.2) is 6.61 Å². The average Bonchev–Trinajstić information content (AvgIpc) is 2.53. The molecule has 22 heavy (non-hydrogen) atoms. The summed E-state index contributed by atoms with van der Waals surface area (Å²) in [6.45, 7) is 2.38. The van der Waals surface area contributed by atoms with Crippen LogP contribution in [0.3, 0.4) is 0 Å². The van der Waals surface area contributed by atoms with Crippen LogP contribution < -0.4 is 4.74 Å². The number of methoxy groups -OCH3 is 1. The molecule has 0 N–H and O–H groups in total. The van der Waals surface area contributed by atoms with E-state index in [0.29, 0.717) is 18.8 Å². The third-order valence-electron chi connectivity index (χ3n) is 2.92. The van der Waals surface area contributed by atoms with Gasteiger partial charge < -0.3 is 14.2 Å². The van der Waals surface area contributed by atoms with Gasteiger partial charge in [0.05, 0.1) is 13.7 Å². The molecule has 0 aliphatic rings. The van der Waals surface area contributed by atoms with Gasteiger partial charge in [-0.3, -0.25) is 4.79 Å². The number of halogens is 1. The van der Waals surface area contributed by atoms with E-state index in [0.717, 1.165) is 18.4 Å². The van der Waals surface area contributed by atoms with Crippen LogP contribution in [0.15, 0.2) is 24.3 Å². The predicted octanol–water partition coefficient (Wildman–Crippen LogP) is 2.89. The van der Waals surface area contributed by atoms with Gasteiger partial charge in [0.25, 0.3) is 0 Å². The van der Waals surface area contributed by atoms with Crippen LogP contribution >= 0.6 is 15.9 Å². The molecule has 0 amide bonds. The number of rotatable bonds is 9. The van der Waals surface area contributed by atoms with Crippen molar-refractivity contribution in [3.8, 4) is 5.75 Å². The molecular weight excluding hydrogens is 352 g/mol. The van der Waals surface area contributed by atoms with Crippen LogP contribution in [0.25, 0.3) is 0 Å². The SMILES string of the molecule is CCCCOC(=O)[C@H](Br)Cc1ccc(OCC(=O)OC)cc1. The quantitative estimate of drug-likeness (QED) is 0.378. The Morgan fingerprint density at radius 1 is 1.23 bits per heavy atom. The van der Waals surface area contributed by atoms with Crippen molar-refractivity contribution in [1.82, 2.24) is 0 Å². The summed E-state index contributed by atoms with van der Waals surface area (Å²) in [4.78, 5) is 22.4. The maximum Gasteiger partial charge on any atom is 0.343 e. The molecule has 0 radical (unpaired) electrons. The third kappa shape index (κ3) is 6.93. The molecule has 1 aromatic carbocycles. The molecule has 1 aromatic rings. The smallest absolute Gasteiger partial charge is 0.343 e. The molecular formula is C16H21BrO5. The summed E-state index contributed by atoms with van der Waals surface area (Å²) >= 11 is 3.34. The van der Waals surface area contributed by atoms with E-state index in [1.165, 1.54) is 7.11 Å². The Hall–Kier alpha value is -1.56. The van der Waals surface area contributed by atoms with Gasteiger partial charge in [-0.15, -0.1) is 0 Å². The highest BCUT2D eigenvalue weighted by Gasteiger charge is 2.16. The molecule has 0 aromatic heterocycles. The summed E-state index contributed by atoms with van der Waals surface area (Å²) in [5, 5.41) is 0. The predicted molar refractivity (Wildman–Crippen MR) is 86.2 cm³/mol. The van der Waals surface area contributed by atoms with Crippen LogP contribution in [0.2, 0.25) is 0 Å². The molecule has 0 spiro atoms. The van der Waals surface area contributed by atoms with Crippen molar-refractivity contribution in [3.05, 3.63) is 29.8 Å². The Morgan fingerprint density at radius 3 is 2.50 bits per heavy atom. The van der Waals surface area contributed by atoms with Crippen LogP contribution in [0.4, 0.5) is 0 Å². The molecule has 0 aliphatic carbocycles. The lowest BCUT2D eigenvalue weighted by Gasteiger charge is -2.10. The Bertz CT molecular complexity index is 472. The summed E-state index contributed by atoms with van der Waals surface area (Å²) in [7, 11) is 1.31. The first kappa shape index (κ1) is 18.5. The standard InChI is InChI=1S/C16H21BrO5/c1-3-4-9-21-16(19)14(17)10-12-5-7-13(8-6-12)22-11-15(18)20-2/h5-8,14H,3-4,9-11H2,1-2H3/t14-/m1/s1. The van der Waals surface area contributed by atoms with Gasteiger partial charge in [-0.05, 0) is 30.5 Å². The summed E-state index contributed by atoms with van der Waals surface area (Å²) in [6, 6.07) is 7.20. The van der Waals surface area contributed by atoms with E-state index in [4.69, 9.17) is 9.47 Å². The monoisotopic (exact) mass is 372 g/mol. The van der Waals surface area contributed by atoms with E-state index in [1.54, 1.807) is 12.1 Å². The van der Waals surface area contributed by atoms with Gasteiger partial charge in [0.1, 0.15) is 10.6 Å². The Morgan fingerprint density at radius 2 is 1.91 bits per heavy atom. The first-order valence-corrected chi connectivity index (χ1v) is 8.07. The highest BCUT2D eigenvalue weighted by molar-refractivity contribution is 9.10. The van der Waals surface area contributed by atoms with Crippen molar-refractivity contribution in [2.24, 2.45) is 0 Å². The van der Waals surface area contributed by atoms with Crippen molar-refractivity contribution in [3.63, 3.8) is 0 Å². The van der Waals surface area contributed by atoms with Crippen LogP contribution in [0.5, 0.6) is 5.75 Å². The number of alkyl halides is 1. The maximum absolute atomic E-state index is 11.8. The molecule has 1 atom stereocenters. The molecule has 0 heterocycles. The number of carbonyl (C=O) groups excluding carboxylic acids is 2. The number of benzene rings is 1. The van der Waals surface area contributed by atoms with Gasteiger partial charge in [-0.2, -0.15) is 0 Å². The van der Waals surface area contributed by atoms with Crippen molar-refractivity contribution < 1.29 is 23.8 Å². The first-order valence-electron chi connectivity index (χ1n) is 7.16. The van der Waals surface area contributed by atoms with Crippen LogP contribution in [-0.2, 0) is 25.5 Å². The molecule has 0 bridgehead atoms. The normalized spacial score (nSPS) is 11.6. The lowest BCUT2D eigenvalue weighted by atomic mass is 10.1. The molecule has 0 saturated heterocycles. The fourth-order valence-electron chi connectivity index (χ4n) is 1.62. The number of hydrogen-bond donors (Lipinski definition) is 0. The van der Waals surface area contributed by atoms with E-state index < -0.39 is 5.97 Å². The molecule has 0 aliphatic heterocycles. The first-order chi connectivity index (χ1) is 10.6. The summed E-state index contributed by atoms with van der Waals surface area (Å²) in [5.41, 5.74) is 0.972. The lowest BCUT2D eigenvalue weighted by molar-refractivity contribution is -0.143. The Kier molecular flexibility index (Phi) is 8.58. The van der Waals surface area contributed by atoms with Gasteiger partial charge in [0, 0.05) is 0 Å².